The van der Waals surface area contributed by atoms with Crippen LogP contribution in [0, 0.1) is 0 Å². The summed E-state index contributed by atoms with van der Waals surface area (Å²) in [6.45, 7) is 0. The molecule has 0 aliphatic rings. The number of ether oxygens (including phenoxy) is 2. The van der Waals surface area contributed by atoms with Gasteiger partial charge in [0.2, 0.25) is 4.96 Å². The summed E-state index contributed by atoms with van der Waals surface area (Å²) in [6.07, 6.45) is 0.653. The molecule has 0 bridgehead atoms. The van der Waals surface area contributed by atoms with E-state index in [4.69, 9.17) is 9.47 Å². The molecule has 0 aliphatic carbocycles. The van der Waals surface area contributed by atoms with Gasteiger partial charge in [0, 0.05) is 6.42 Å². The van der Waals surface area contributed by atoms with E-state index in [1.165, 1.54) is 11.3 Å². The lowest BCUT2D eigenvalue weighted by molar-refractivity contribution is 0.414. The maximum Gasteiger partial charge on any atom is 0.234 e. The van der Waals surface area contributed by atoms with E-state index in [-0.39, 0.29) is 0 Å². The van der Waals surface area contributed by atoms with Gasteiger partial charge in [0.05, 0.1) is 19.8 Å². The third-order valence-electron chi connectivity index (χ3n) is 3.91. The van der Waals surface area contributed by atoms with Crippen molar-refractivity contribution in [2.24, 2.45) is 0 Å². The summed E-state index contributed by atoms with van der Waals surface area (Å²) in [4.78, 5) is 0.768. The molecule has 0 spiro atoms. The molecular weight excluding hydrogens is 336 g/mol. The van der Waals surface area contributed by atoms with E-state index in [0.29, 0.717) is 6.42 Å². The lowest BCUT2D eigenvalue weighted by Crippen LogP contribution is -1.98. The fourth-order valence-electron chi connectivity index (χ4n) is 2.62. The molecule has 0 radical (unpaired) electrons. The van der Waals surface area contributed by atoms with Crippen LogP contribution >= 0.6 is 11.3 Å². The van der Waals surface area contributed by atoms with E-state index in [0.717, 1.165) is 38.4 Å². The predicted molar refractivity (Wildman–Crippen MR) is 96.4 cm³/mol. The molecule has 6 nitrogen and oxygen atoms in total. The first kappa shape index (κ1) is 15.6. The Hall–Kier alpha value is -2.93. The molecule has 0 unspecified atom stereocenters. The summed E-state index contributed by atoms with van der Waals surface area (Å²) in [5.74, 6) is 2.43. The van der Waals surface area contributed by atoms with Crippen LogP contribution in [-0.2, 0) is 6.42 Å². The number of hydrogen-bond acceptors (Lipinski definition) is 6. The fourth-order valence-corrected chi connectivity index (χ4v) is 3.51. The van der Waals surface area contributed by atoms with E-state index < -0.39 is 0 Å². The summed E-state index contributed by atoms with van der Waals surface area (Å²) in [7, 11) is 3.32. The number of methoxy groups -OCH3 is 2. The van der Waals surface area contributed by atoms with Crippen LogP contribution in [0.25, 0.3) is 15.5 Å². The molecule has 2 heterocycles. The lowest BCUT2D eigenvalue weighted by Gasteiger charge is -2.04. The molecule has 0 fully saturated rings. The smallest absolute Gasteiger partial charge is 0.234 e. The number of aromatic nitrogens is 4. The van der Waals surface area contributed by atoms with Crippen molar-refractivity contribution < 1.29 is 9.47 Å². The minimum atomic E-state index is 0.653. The average molecular weight is 352 g/mol. The van der Waals surface area contributed by atoms with Crippen LogP contribution in [0.4, 0.5) is 0 Å². The average Bonchev–Trinajstić information content (AvgIpc) is 3.24. The van der Waals surface area contributed by atoms with E-state index in [1.54, 1.807) is 18.7 Å². The van der Waals surface area contributed by atoms with E-state index in [9.17, 15) is 0 Å². The van der Waals surface area contributed by atoms with Crippen molar-refractivity contribution in [3.05, 3.63) is 59.9 Å². The first-order valence-electron chi connectivity index (χ1n) is 7.76. The number of nitrogens with zero attached hydrogens (tertiary/aromatic N) is 4. The Balaban J connectivity index is 1.68. The van der Waals surface area contributed by atoms with Gasteiger partial charge < -0.3 is 9.47 Å². The van der Waals surface area contributed by atoms with Crippen LogP contribution in [-0.4, -0.2) is 34.0 Å². The minimum absolute atomic E-state index is 0.653. The summed E-state index contributed by atoms with van der Waals surface area (Å²) in [6, 6.07) is 15.8. The zero-order valence-corrected chi connectivity index (χ0v) is 14.7. The van der Waals surface area contributed by atoms with E-state index >= 15 is 0 Å². The van der Waals surface area contributed by atoms with Crippen molar-refractivity contribution in [1.82, 2.24) is 19.8 Å². The molecule has 2 aromatic carbocycles. The van der Waals surface area contributed by atoms with Crippen molar-refractivity contribution >= 4 is 16.3 Å². The van der Waals surface area contributed by atoms with Gasteiger partial charge in [0.1, 0.15) is 11.5 Å². The van der Waals surface area contributed by atoms with Gasteiger partial charge in [-0.05, 0) is 29.8 Å². The van der Waals surface area contributed by atoms with Crippen LogP contribution in [0.2, 0.25) is 0 Å². The van der Waals surface area contributed by atoms with Crippen LogP contribution in [0.15, 0.2) is 48.5 Å². The molecule has 0 saturated carbocycles. The molecular formula is C18H16N4O2S. The Bertz CT molecular complexity index is 1010. The molecule has 0 amide bonds. The van der Waals surface area contributed by atoms with Gasteiger partial charge in [-0.25, -0.2) is 0 Å². The topological polar surface area (TPSA) is 61.5 Å². The molecule has 126 valence electrons. The highest BCUT2D eigenvalue weighted by molar-refractivity contribution is 7.19. The predicted octanol–water partition coefficient (Wildman–Crippen LogP) is 3.46. The van der Waals surface area contributed by atoms with Crippen molar-refractivity contribution in [2.45, 2.75) is 6.42 Å². The quantitative estimate of drug-likeness (QED) is 0.550. The highest BCUT2D eigenvalue weighted by Crippen LogP contribution is 2.32. The van der Waals surface area contributed by atoms with Crippen molar-refractivity contribution in [3.8, 4) is 22.1 Å². The summed E-state index contributed by atoms with van der Waals surface area (Å²) in [5.41, 5.74) is 2.08. The molecule has 0 atom stereocenters. The second-order valence-corrected chi connectivity index (χ2v) is 6.40. The van der Waals surface area contributed by atoms with Crippen molar-refractivity contribution in [1.29, 1.82) is 0 Å². The van der Waals surface area contributed by atoms with E-state index in [2.05, 4.69) is 15.3 Å². The third kappa shape index (κ3) is 2.94. The Morgan fingerprint density at radius 3 is 2.52 bits per heavy atom. The molecule has 4 rings (SSSR count). The second-order valence-electron chi connectivity index (χ2n) is 5.44. The molecule has 2 aromatic heterocycles. The molecule has 0 aliphatic heterocycles. The van der Waals surface area contributed by atoms with Crippen molar-refractivity contribution in [2.75, 3.05) is 14.2 Å². The van der Waals surface area contributed by atoms with Gasteiger partial charge >= 0.3 is 0 Å². The van der Waals surface area contributed by atoms with Crippen LogP contribution in [0.3, 0.4) is 0 Å². The van der Waals surface area contributed by atoms with Gasteiger partial charge in [-0.3, -0.25) is 0 Å². The first-order chi connectivity index (χ1) is 12.3. The Morgan fingerprint density at radius 2 is 1.76 bits per heavy atom. The monoisotopic (exact) mass is 352 g/mol. The fraction of sp³-hybridized carbons (Fsp3) is 0.167. The number of hydrogen-bond donors (Lipinski definition) is 0. The largest absolute Gasteiger partial charge is 0.497 e. The number of benzene rings is 2. The summed E-state index contributed by atoms with van der Waals surface area (Å²) in [5, 5.41) is 14.1. The molecule has 0 N–H and O–H groups in total. The number of rotatable bonds is 5. The van der Waals surface area contributed by atoms with Crippen LogP contribution in [0.1, 0.15) is 11.4 Å². The Kier molecular flexibility index (Phi) is 4.07. The molecule has 25 heavy (non-hydrogen) atoms. The van der Waals surface area contributed by atoms with Gasteiger partial charge in [-0.15, -0.1) is 10.2 Å². The van der Waals surface area contributed by atoms with Crippen LogP contribution < -0.4 is 9.47 Å². The second kappa shape index (κ2) is 6.52. The zero-order valence-electron chi connectivity index (χ0n) is 13.8. The van der Waals surface area contributed by atoms with E-state index in [1.807, 2.05) is 48.5 Å². The maximum absolute atomic E-state index is 5.43. The molecule has 4 aromatic rings. The van der Waals surface area contributed by atoms with Crippen molar-refractivity contribution in [3.63, 3.8) is 0 Å². The SMILES string of the molecule is COc1ccc(Cc2nnc3sc(-c4ccccc4OC)nn23)cc1. The normalized spacial score (nSPS) is 11.0. The third-order valence-corrected chi connectivity index (χ3v) is 4.85. The Labute approximate surface area is 148 Å². The van der Waals surface area contributed by atoms with Gasteiger partial charge in [0.25, 0.3) is 0 Å². The Morgan fingerprint density at radius 1 is 0.960 bits per heavy atom. The van der Waals surface area contributed by atoms with Gasteiger partial charge in [0.15, 0.2) is 10.8 Å². The minimum Gasteiger partial charge on any atom is -0.497 e. The zero-order chi connectivity index (χ0) is 17.2. The highest BCUT2D eigenvalue weighted by atomic mass is 32.1. The first-order valence-corrected chi connectivity index (χ1v) is 8.57. The molecule has 7 heteroatoms. The van der Waals surface area contributed by atoms with Gasteiger partial charge in [-0.2, -0.15) is 9.61 Å². The van der Waals surface area contributed by atoms with Crippen LogP contribution in [0.5, 0.6) is 11.5 Å². The summed E-state index contributed by atoms with van der Waals surface area (Å²) < 4.78 is 12.4. The highest BCUT2D eigenvalue weighted by Gasteiger charge is 2.15. The maximum atomic E-state index is 5.43. The number of para-hydroxylation sites is 1. The summed E-state index contributed by atoms with van der Waals surface area (Å²) >= 11 is 1.50. The lowest BCUT2D eigenvalue weighted by atomic mass is 10.1. The number of fused-ring (bicyclic) bond motifs is 1. The van der Waals surface area contributed by atoms with Gasteiger partial charge in [-0.1, -0.05) is 35.6 Å². The standard InChI is InChI=1S/C18H16N4O2S/c1-23-13-9-7-12(8-10-13)11-16-19-20-18-22(16)21-17(25-18)14-5-3-4-6-15(14)24-2/h3-10H,11H2,1-2H3. The molecule has 0 saturated heterocycles.